The molecule has 5 N–H and O–H groups in total. The third-order valence-electron chi connectivity index (χ3n) is 1.99. The minimum absolute atomic E-state index is 0.0601. The summed E-state index contributed by atoms with van der Waals surface area (Å²) in [5, 5.41) is 2.32. The Morgan fingerprint density at radius 2 is 2.12 bits per heavy atom. The molecule has 7 heteroatoms. The Bertz CT molecular complexity index is 444. The van der Waals surface area contributed by atoms with Gasteiger partial charge in [0.05, 0.1) is 18.4 Å². The highest BCUT2D eigenvalue weighted by Crippen LogP contribution is 2.13. The number of aromatic nitrogens is 2. The number of hydrogen-bond donors (Lipinski definition) is 3. The normalized spacial score (nSPS) is 10.3. The Morgan fingerprint density at radius 3 is 2.65 bits per heavy atom. The molecule has 1 heterocycles. The molecule has 0 bridgehead atoms. The Labute approximate surface area is 98.6 Å². The summed E-state index contributed by atoms with van der Waals surface area (Å²) in [6, 6.07) is 0. The molecule has 17 heavy (non-hydrogen) atoms. The number of nitrogens with one attached hydrogen (secondary N) is 1. The van der Waals surface area contributed by atoms with Crippen LogP contribution in [0.1, 0.15) is 36.1 Å². The number of rotatable bonds is 4. The van der Waals surface area contributed by atoms with Crippen LogP contribution in [0, 0.1) is 0 Å². The lowest BCUT2D eigenvalue weighted by Crippen LogP contribution is -2.34. The fourth-order valence-corrected chi connectivity index (χ4v) is 1.12. The summed E-state index contributed by atoms with van der Waals surface area (Å²) >= 11 is 0. The molecule has 1 aromatic rings. The van der Waals surface area contributed by atoms with E-state index in [-0.39, 0.29) is 23.8 Å². The number of hydrogen-bond acceptors (Lipinski definition) is 5. The summed E-state index contributed by atoms with van der Waals surface area (Å²) < 4.78 is 0. The molecular formula is C10H15N5O2. The number of nitrogens with two attached hydrogens (primary N) is 2. The summed E-state index contributed by atoms with van der Waals surface area (Å²) in [6.45, 7) is 3.55. The van der Waals surface area contributed by atoms with Crippen LogP contribution in [-0.2, 0) is 4.79 Å². The van der Waals surface area contributed by atoms with Crippen molar-refractivity contribution >= 4 is 17.5 Å². The molecule has 92 valence electrons. The molecule has 0 aliphatic heterocycles. The first-order valence-electron chi connectivity index (χ1n) is 5.10. The molecule has 1 rings (SSSR count). The number of nitrogen functional groups attached to an aromatic ring is 1. The average molecular weight is 237 g/mol. The van der Waals surface area contributed by atoms with Crippen LogP contribution in [0.5, 0.6) is 0 Å². The lowest BCUT2D eigenvalue weighted by molar-refractivity contribution is -0.117. The smallest absolute Gasteiger partial charge is 0.272 e. The molecule has 0 unspecified atom stereocenters. The number of carbonyl (C=O) groups is 2. The highest BCUT2D eigenvalue weighted by Gasteiger charge is 2.14. The van der Waals surface area contributed by atoms with Crippen molar-refractivity contribution in [1.82, 2.24) is 15.3 Å². The zero-order chi connectivity index (χ0) is 13.0. The lowest BCUT2D eigenvalue weighted by Gasteiger charge is -2.08. The molecule has 1 aromatic heterocycles. The van der Waals surface area contributed by atoms with Crippen molar-refractivity contribution in [2.45, 2.75) is 19.8 Å². The third-order valence-corrected chi connectivity index (χ3v) is 1.99. The number of anilines is 1. The number of nitrogens with zero attached hydrogens (tertiary/aromatic N) is 2. The van der Waals surface area contributed by atoms with Gasteiger partial charge in [0.25, 0.3) is 5.91 Å². The van der Waals surface area contributed by atoms with E-state index in [2.05, 4.69) is 15.3 Å². The first kappa shape index (κ1) is 12.9. The second-order valence-electron chi connectivity index (χ2n) is 3.84. The molecule has 0 aromatic carbocycles. The van der Waals surface area contributed by atoms with E-state index >= 15 is 0 Å². The predicted octanol–water partition coefficient (Wildman–Crippen LogP) is -0.603. The van der Waals surface area contributed by atoms with Gasteiger partial charge in [-0.1, -0.05) is 13.8 Å². The second-order valence-corrected chi connectivity index (χ2v) is 3.84. The van der Waals surface area contributed by atoms with E-state index < -0.39 is 11.8 Å². The van der Waals surface area contributed by atoms with Gasteiger partial charge in [-0.25, -0.2) is 9.97 Å². The van der Waals surface area contributed by atoms with E-state index in [1.165, 1.54) is 6.20 Å². The first-order chi connectivity index (χ1) is 7.91. The standard InChI is InChI=1S/C10H15N5O2/c1-5(2)9-13-3-6(11)8(15-9)10(17)14-4-7(12)16/h3,5H,4,11H2,1-2H3,(H2,12,16)(H,14,17). The maximum absolute atomic E-state index is 11.7. The van der Waals surface area contributed by atoms with Gasteiger partial charge < -0.3 is 16.8 Å². The molecule has 0 atom stereocenters. The molecule has 0 radical (unpaired) electrons. The van der Waals surface area contributed by atoms with E-state index in [4.69, 9.17) is 11.5 Å². The molecule has 0 saturated carbocycles. The van der Waals surface area contributed by atoms with Crippen molar-refractivity contribution in [2.75, 3.05) is 12.3 Å². The van der Waals surface area contributed by atoms with E-state index in [0.29, 0.717) is 5.82 Å². The fraction of sp³-hybridized carbons (Fsp3) is 0.400. The van der Waals surface area contributed by atoms with Crippen LogP contribution in [0.15, 0.2) is 6.20 Å². The topological polar surface area (TPSA) is 124 Å². The van der Waals surface area contributed by atoms with Gasteiger partial charge in [-0.05, 0) is 0 Å². The summed E-state index contributed by atoms with van der Waals surface area (Å²) in [5.41, 5.74) is 10.7. The highest BCUT2D eigenvalue weighted by atomic mass is 16.2. The quantitative estimate of drug-likeness (QED) is 0.644. The van der Waals surface area contributed by atoms with E-state index in [9.17, 15) is 9.59 Å². The van der Waals surface area contributed by atoms with Gasteiger partial charge >= 0.3 is 0 Å². The van der Waals surface area contributed by atoms with Crippen LogP contribution >= 0.6 is 0 Å². The summed E-state index contributed by atoms with van der Waals surface area (Å²) in [7, 11) is 0. The Kier molecular flexibility index (Phi) is 3.97. The van der Waals surface area contributed by atoms with Gasteiger partial charge in [0.1, 0.15) is 5.82 Å². The lowest BCUT2D eigenvalue weighted by atomic mass is 10.2. The van der Waals surface area contributed by atoms with Crippen LogP contribution in [0.25, 0.3) is 0 Å². The maximum atomic E-state index is 11.7. The van der Waals surface area contributed by atoms with Crippen molar-refractivity contribution in [3.8, 4) is 0 Å². The minimum Gasteiger partial charge on any atom is -0.396 e. The molecule has 0 spiro atoms. The number of primary amides is 1. The SMILES string of the molecule is CC(C)c1ncc(N)c(C(=O)NCC(N)=O)n1. The van der Waals surface area contributed by atoms with Crippen LogP contribution in [0.3, 0.4) is 0 Å². The zero-order valence-corrected chi connectivity index (χ0v) is 9.73. The summed E-state index contributed by atoms with van der Waals surface area (Å²) in [4.78, 5) is 30.3. The average Bonchev–Trinajstić information content (AvgIpc) is 2.26. The molecular weight excluding hydrogens is 222 g/mol. The van der Waals surface area contributed by atoms with Crippen LogP contribution in [0.2, 0.25) is 0 Å². The predicted molar refractivity (Wildman–Crippen MR) is 62.1 cm³/mol. The largest absolute Gasteiger partial charge is 0.396 e. The molecule has 0 saturated heterocycles. The van der Waals surface area contributed by atoms with Crippen molar-refractivity contribution in [1.29, 1.82) is 0 Å². The van der Waals surface area contributed by atoms with E-state index in [0.717, 1.165) is 0 Å². The maximum Gasteiger partial charge on any atom is 0.272 e. The Hall–Kier alpha value is -2.18. The van der Waals surface area contributed by atoms with E-state index in [1.807, 2.05) is 13.8 Å². The zero-order valence-electron chi connectivity index (χ0n) is 9.73. The van der Waals surface area contributed by atoms with Gasteiger partial charge in [-0.15, -0.1) is 0 Å². The summed E-state index contributed by atoms with van der Waals surface area (Å²) in [6.07, 6.45) is 1.38. The van der Waals surface area contributed by atoms with Crippen LogP contribution in [-0.4, -0.2) is 28.3 Å². The van der Waals surface area contributed by atoms with Crippen molar-refractivity contribution < 1.29 is 9.59 Å². The van der Waals surface area contributed by atoms with Crippen molar-refractivity contribution in [3.63, 3.8) is 0 Å². The van der Waals surface area contributed by atoms with Gasteiger partial charge in [0, 0.05) is 5.92 Å². The van der Waals surface area contributed by atoms with Crippen molar-refractivity contribution in [2.24, 2.45) is 5.73 Å². The number of carbonyl (C=O) groups excluding carboxylic acids is 2. The minimum atomic E-state index is -0.630. The highest BCUT2D eigenvalue weighted by molar-refractivity contribution is 5.98. The monoisotopic (exact) mass is 237 g/mol. The third kappa shape index (κ3) is 3.40. The van der Waals surface area contributed by atoms with Crippen molar-refractivity contribution in [3.05, 3.63) is 17.7 Å². The molecule has 7 nitrogen and oxygen atoms in total. The molecule has 0 aliphatic rings. The van der Waals surface area contributed by atoms with Gasteiger partial charge in [0.15, 0.2) is 5.69 Å². The molecule has 0 fully saturated rings. The Balaban J connectivity index is 2.92. The second kappa shape index (κ2) is 5.24. The van der Waals surface area contributed by atoms with E-state index in [1.54, 1.807) is 0 Å². The summed E-state index contributed by atoms with van der Waals surface area (Å²) in [5.74, 6) is -0.567. The van der Waals surface area contributed by atoms with Gasteiger partial charge in [-0.2, -0.15) is 0 Å². The van der Waals surface area contributed by atoms with Crippen LogP contribution < -0.4 is 16.8 Å². The Morgan fingerprint density at radius 1 is 1.47 bits per heavy atom. The van der Waals surface area contributed by atoms with Gasteiger partial charge in [0.2, 0.25) is 5.91 Å². The fourth-order valence-electron chi connectivity index (χ4n) is 1.12. The molecule has 2 amide bonds. The van der Waals surface area contributed by atoms with Gasteiger partial charge in [-0.3, -0.25) is 9.59 Å². The molecule has 0 aliphatic carbocycles. The van der Waals surface area contributed by atoms with Crippen LogP contribution in [0.4, 0.5) is 5.69 Å². The number of amides is 2. The first-order valence-corrected chi connectivity index (χ1v) is 5.10.